The third-order valence-corrected chi connectivity index (χ3v) is 10.8. The van der Waals surface area contributed by atoms with Gasteiger partial charge in [-0.1, -0.05) is 65.5 Å². The lowest BCUT2D eigenvalue weighted by molar-refractivity contribution is -0.206. The van der Waals surface area contributed by atoms with Crippen molar-refractivity contribution >= 4 is 5.97 Å². The minimum Gasteiger partial charge on any atom is -0.455 e. The molecule has 34 heavy (non-hydrogen) atoms. The zero-order chi connectivity index (χ0) is 24.9. The van der Waals surface area contributed by atoms with Crippen LogP contribution in [-0.4, -0.2) is 18.2 Å². The van der Waals surface area contributed by atoms with Crippen LogP contribution in [0.3, 0.4) is 0 Å². The molecule has 0 bridgehead atoms. The first-order valence-electron chi connectivity index (χ1n) is 13.8. The molecule has 5 heteroatoms. The summed E-state index contributed by atoms with van der Waals surface area (Å²) in [6.07, 6.45) is 8.89. The summed E-state index contributed by atoms with van der Waals surface area (Å²) < 4.78 is 42.9. The third-order valence-electron chi connectivity index (χ3n) is 10.8. The van der Waals surface area contributed by atoms with Crippen LogP contribution in [0, 0.1) is 46.3 Å². The van der Waals surface area contributed by atoms with Gasteiger partial charge in [0.05, 0.1) is 0 Å². The maximum atomic E-state index is 12.7. The molecule has 0 aromatic carbocycles. The number of rotatable bonds is 6. The second kappa shape index (κ2) is 9.47. The van der Waals surface area contributed by atoms with Gasteiger partial charge in [-0.25, -0.2) is 4.79 Å². The number of carbonyl (C=O) groups excluding carboxylic acids is 1. The van der Waals surface area contributed by atoms with E-state index < -0.39 is 18.2 Å². The summed E-state index contributed by atoms with van der Waals surface area (Å²) in [6, 6.07) is 0. The summed E-state index contributed by atoms with van der Waals surface area (Å²) in [6.45, 7) is 12.1. The molecule has 0 saturated heterocycles. The van der Waals surface area contributed by atoms with Crippen LogP contribution in [0.4, 0.5) is 13.2 Å². The van der Waals surface area contributed by atoms with E-state index in [2.05, 4.69) is 40.7 Å². The summed E-state index contributed by atoms with van der Waals surface area (Å²) in [4.78, 5) is 11.4. The third kappa shape index (κ3) is 4.71. The molecule has 4 aliphatic carbocycles. The van der Waals surface area contributed by atoms with Crippen molar-refractivity contribution in [3.8, 4) is 0 Å². The van der Waals surface area contributed by atoms with Crippen LogP contribution < -0.4 is 0 Å². The van der Waals surface area contributed by atoms with E-state index in [1.54, 1.807) is 0 Å². The normalized spacial score (nSPS) is 40.7. The van der Waals surface area contributed by atoms with Crippen molar-refractivity contribution in [3.05, 3.63) is 11.6 Å². The van der Waals surface area contributed by atoms with Crippen molar-refractivity contribution in [2.24, 2.45) is 46.3 Å². The molecule has 0 radical (unpaired) electrons. The Bertz CT molecular complexity index is 787. The van der Waals surface area contributed by atoms with Crippen LogP contribution in [0.15, 0.2) is 11.6 Å². The average Bonchev–Trinajstić information content (AvgIpc) is 3.10. The molecule has 0 aliphatic heterocycles. The van der Waals surface area contributed by atoms with Crippen LogP contribution in [-0.2, 0) is 9.53 Å². The Morgan fingerprint density at radius 1 is 1.06 bits per heavy atom. The van der Waals surface area contributed by atoms with E-state index >= 15 is 0 Å². The molecule has 0 heterocycles. The highest BCUT2D eigenvalue weighted by atomic mass is 19.4. The van der Waals surface area contributed by atoms with Crippen LogP contribution >= 0.6 is 0 Å². The highest BCUT2D eigenvalue weighted by molar-refractivity contribution is 5.75. The topological polar surface area (TPSA) is 26.3 Å². The second-order valence-corrected chi connectivity index (χ2v) is 13.1. The van der Waals surface area contributed by atoms with Gasteiger partial charge in [0.25, 0.3) is 0 Å². The highest BCUT2D eigenvalue weighted by Crippen LogP contribution is 2.67. The molecule has 8 atom stereocenters. The molecule has 0 N–H and O–H groups in total. The zero-order valence-electron chi connectivity index (χ0n) is 21.8. The number of hydrogen-bond donors (Lipinski definition) is 0. The fraction of sp³-hybridized carbons (Fsp3) is 0.897. The van der Waals surface area contributed by atoms with Crippen molar-refractivity contribution in [1.82, 2.24) is 0 Å². The molecule has 0 spiro atoms. The summed E-state index contributed by atoms with van der Waals surface area (Å²) in [5.74, 6) is 2.42. The van der Waals surface area contributed by atoms with Gasteiger partial charge in [-0.05, 0) is 91.3 Å². The van der Waals surface area contributed by atoms with E-state index in [4.69, 9.17) is 4.74 Å². The number of alkyl halides is 3. The van der Waals surface area contributed by atoms with E-state index in [9.17, 15) is 18.0 Å². The van der Waals surface area contributed by atoms with Gasteiger partial charge >= 0.3 is 12.1 Å². The monoisotopic (exact) mass is 482 g/mol. The molecule has 0 unspecified atom stereocenters. The lowest BCUT2D eigenvalue weighted by atomic mass is 9.47. The molecule has 194 valence electrons. The number of esters is 1. The fourth-order valence-electron chi connectivity index (χ4n) is 8.97. The minimum absolute atomic E-state index is 0.0480. The predicted molar refractivity (Wildman–Crippen MR) is 129 cm³/mol. The van der Waals surface area contributed by atoms with Crippen LogP contribution in [0.5, 0.6) is 0 Å². The van der Waals surface area contributed by atoms with E-state index in [1.165, 1.54) is 50.5 Å². The summed E-state index contributed by atoms with van der Waals surface area (Å²) in [5.41, 5.74) is 1.73. The SMILES string of the molecule is CC(C)CCC[C@H](C)[C@H]1CC[C@H]2[C@@H]3CC=C4C[C@H](OC(=O)C(F)(F)F)CC[C@]4(C)[C@H]3CC[C@]12C. The van der Waals surface area contributed by atoms with Crippen molar-refractivity contribution in [2.75, 3.05) is 0 Å². The first-order chi connectivity index (χ1) is 15.9. The van der Waals surface area contributed by atoms with Gasteiger partial charge in [0.15, 0.2) is 0 Å². The Balaban J connectivity index is 1.44. The Labute approximate surface area is 204 Å². The van der Waals surface area contributed by atoms with Crippen LogP contribution in [0.1, 0.15) is 105 Å². The van der Waals surface area contributed by atoms with Crippen LogP contribution in [0.25, 0.3) is 0 Å². The number of ether oxygens (including phenoxy) is 1. The average molecular weight is 483 g/mol. The molecular weight excluding hydrogens is 437 g/mol. The molecule has 0 aromatic heterocycles. The van der Waals surface area contributed by atoms with Gasteiger partial charge < -0.3 is 4.74 Å². The van der Waals surface area contributed by atoms with Crippen molar-refractivity contribution in [1.29, 1.82) is 0 Å². The maximum Gasteiger partial charge on any atom is 0.490 e. The summed E-state index contributed by atoms with van der Waals surface area (Å²) >= 11 is 0. The van der Waals surface area contributed by atoms with Crippen molar-refractivity contribution in [2.45, 2.75) is 118 Å². The van der Waals surface area contributed by atoms with Gasteiger partial charge in [-0.2, -0.15) is 13.2 Å². The lowest BCUT2D eigenvalue weighted by Crippen LogP contribution is -2.51. The highest BCUT2D eigenvalue weighted by Gasteiger charge is 2.59. The van der Waals surface area contributed by atoms with Gasteiger partial charge in [0.2, 0.25) is 0 Å². The first-order valence-corrected chi connectivity index (χ1v) is 13.8. The zero-order valence-corrected chi connectivity index (χ0v) is 21.8. The molecule has 4 aliphatic rings. The predicted octanol–water partition coefficient (Wildman–Crippen LogP) is 8.50. The van der Waals surface area contributed by atoms with E-state index in [-0.39, 0.29) is 5.41 Å². The van der Waals surface area contributed by atoms with E-state index in [0.29, 0.717) is 30.1 Å². The Hall–Kier alpha value is -1.00. The van der Waals surface area contributed by atoms with E-state index in [0.717, 1.165) is 36.5 Å². The van der Waals surface area contributed by atoms with Gasteiger partial charge in [0, 0.05) is 6.42 Å². The lowest BCUT2D eigenvalue weighted by Gasteiger charge is -2.58. The first kappa shape index (κ1) is 26.1. The quantitative estimate of drug-likeness (QED) is 0.280. The number of allylic oxidation sites excluding steroid dienone is 1. The van der Waals surface area contributed by atoms with Crippen molar-refractivity contribution in [3.63, 3.8) is 0 Å². The molecule has 0 amide bonds. The molecule has 3 saturated carbocycles. The fourth-order valence-corrected chi connectivity index (χ4v) is 8.97. The van der Waals surface area contributed by atoms with E-state index in [1.807, 2.05) is 0 Å². The standard InChI is InChI=1S/C29H45F3O2/c1-18(2)7-6-8-19(3)23-11-12-24-22-10-9-20-17-21(34-26(33)29(30,31)32)13-15-27(20,4)25(22)14-16-28(23,24)5/h9,18-19,21-25H,6-8,10-17H2,1-5H3/t19-,21+,22-,23+,24-,25-,27-,28+/m0/s1. The smallest absolute Gasteiger partial charge is 0.455 e. The Morgan fingerprint density at radius 3 is 2.47 bits per heavy atom. The number of fused-ring (bicyclic) bond motifs is 5. The largest absolute Gasteiger partial charge is 0.490 e. The van der Waals surface area contributed by atoms with Crippen molar-refractivity contribution < 1.29 is 22.7 Å². The number of carbonyl (C=O) groups is 1. The van der Waals surface area contributed by atoms with Gasteiger partial charge in [-0.15, -0.1) is 0 Å². The summed E-state index contributed by atoms with van der Waals surface area (Å²) in [5, 5.41) is 0. The van der Waals surface area contributed by atoms with Gasteiger partial charge in [-0.3, -0.25) is 0 Å². The molecule has 3 fully saturated rings. The molecular formula is C29H45F3O2. The Morgan fingerprint density at radius 2 is 1.79 bits per heavy atom. The number of hydrogen-bond acceptors (Lipinski definition) is 2. The maximum absolute atomic E-state index is 12.7. The minimum atomic E-state index is -4.91. The molecule has 4 rings (SSSR count). The molecule has 2 nitrogen and oxygen atoms in total. The summed E-state index contributed by atoms with van der Waals surface area (Å²) in [7, 11) is 0. The number of halogens is 3. The molecule has 0 aromatic rings. The Kier molecular flexibility index (Phi) is 7.26. The van der Waals surface area contributed by atoms with Crippen LogP contribution in [0.2, 0.25) is 0 Å². The second-order valence-electron chi connectivity index (χ2n) is 13.1. The van der Waals surface area contributed by atoms with Gasteiger partial charge in [0.1, 0.15) is 6.10 Å².